The van der Waals surface area contributed by atoms with Gasteiger partial charge in [0.15, 0.2) is 23.4 Å². The topological polar surface area (TPSA) is 133 Å². The Kier molecular flexibility index (Phi) is 10.5. The number of carbonyl (C=O) groups excluding carboxylic acids is 6. The number of Topliss-reactive ketones (excluding diaryl/α,β-unsaturated/α-hetero) is 2. The van der Waals surface area contributed by atoms with Gasteiger partial charge >= 0.3 is 0 Å². The van der Waals surface area contributed by atoms with Gasteiger partial charge in [-0.1, -0.05) is 0 Å². The zero-order valence-electron chi connectivity index (χ0n) is 20.1. The van der Waals surface area contributed by atoms with Gasteiger partial charge in [-0.05, 0) is 50.3 Å². The van der Waals surface area contributed by atoms with E-state index >= 15 is 0 Å². The summed E-state index contributed by atoms with van der Waals surface area (Å²) in [6.45, 7) is 2.31. The van der Waals surface area contributed by atoms with Crippen molar-refractivity contribution in [3.8, 4) is 0 Å². The lowest BCUT2D eigenvalue weighted by Crippen LogP contribution is -2.34. The maximum atomic E-state index is 12.5. The summed E-state index contributed by atoms with van der Waals surface area (Å²) in [5, 5.41) is 4.99. The molecule has 0 saturated heterocycles. The predicted molar refractivity (Wildman–Crippen MR) is 128 cm³/mol. The lowest BCUT2D eigenvalue weighted by molar-refractivity contribution is -0.138. The second-order valence-corrected chi connectivity index (χ2v) is 8.01. The van der Waals surface area contributed by atoms with E-state index in [4.69, 9.17) is 0 Å². The molecule has 1 aromatic rings. The largest absolute Gasteiger partial charge is 0.383 e. The first-order chi connectivity index (χ1) is 15.8. The minimum absolute atomic E-state index is 0.284. The van der Waals surface area contributed by atoms with Crippen molar-refractivity contribution in [2.75, 3.05) is 38.8 Å². The van der Waals surface area contributed by atoms with Gasteiger partial charge in [0, 0.05) is 52.0 Å². The van der Waals surface area contributed by atoms with Crippen LogP contribution in [0.15, 0.2) is 48.8 Å². The molecule has 2 amide bonds. The van der Waals surface area contributed by atoms with E-state index in [0.717, 1.165) is 26.0 Å². The highest BCUT2D eigenvalue weighted by molar-refractivity contribution is 6.25. The van der Waals surface area contributed by atoms with Gasteiger partial charge in [-0.25, -0.2) is 0 Å². The fourth-order valence-corrected chi connectivity index (χ4v) is 2.73. The van der Waals surface area contributed by atoms with E-state index in [9.17, 15) is 28.8 Å². The molecule has 0 spiro atoms. The van der Waals surface area contributed by atoms with Crippen molar-refractivity contribution in [3.63, 3.8) is 0 Å². The van der Waals surface area contributed by atoms with Crippen LogP contribution in [0.2, 0.25) is 0 Å². The van der Waals surface area contributed by atoms with Crippen LogP contribution in [0.5, 0.6) is 0 Å². The Bertz CT molecular complexity index is 928. The van der Waals surface area contributed by atoms with Crippen LogP contribution in [0.4, 0.5) is 11.4 Å². The molecule has 2 atom stereocenters. The van der Waals surface area contributed by atoms with E-state index in [-0.39, 0.29) is 11.4 Å². The Labute approximate surface area is 198 Å². The Morgan fingerprint density at radius 3 is 1.18 bits per heavy atom. The lowest BCUT2D eigenvalue weighted by Gasteiger charge is -2.14. The van der Waals surface area contributed by atoms with Gasteiger partial charge in [0.05, 0.1) is 0 Å². The molecule has 0 saturated carbocycles. The van der Waals surface area contributed by atoms with E-state index < -0.39 is 46.8 Å². The molecule has 10 heteroatoms. The molecular weight excluding hydrogens is 440 g/mol. The summed E-state index contributed by atoms with van der Waals surface area (Å²) in [7, 11) is 6.79. The Balaban J connectivity index is 2.91. The summed E-state index contributed by atoms with van der Waals surface area (Å²) in [5.74, 6) is -7.05. The molecule has 0 heterocycles. The Morgan fingerprint density at radius 1 is 0.647 bits per heavy atom. The van der Waals surface area contributed by atoms with Gasteiger partial charge in [-0.3, -0.25) is 28.8 Å². The van der Waals surface area contributed by atoms with Crippen molar-refractivity contribution in [2.24, 2.45) is 11.8 Å². The van der Waals surface area contributed by atoms with E-state index in [0.29, 0.717) is 0 Å². The predicted octanol–water partition coefficient (Wildman–Crippen LogP) is 1.26. The summed E-state index contributed by atoms with van der Waals surface area (Å²) in [6, 6.07) is 5.78. The van der Waals surface area contributed by atoms with E-state index in [1.54, 1.807) is 38.0 Å². The number of ketones is 4. The number of hydrogen-bond acceptors (Lipinski definition) is 8. The first kappa shape index (κ1) is 28.0. The molecule has 0 aliphatic heterocycles. The SMILES string of the molecule is CC(=O)C(C(=O)C=CN(C)C)C(=O)Nc1ccc(NC(=O)C(C(C)=O)C(=O)C=CN(C)C)cc1. The van der Waals surface area contributed by atoms with Crippen LogP contribution >= 0.6 is 0 Å². The molecule has 0 fully saturated rings. The third-order valence-electron chi connectivity index (χ3n) is 4.40. The van der Waals surface area contributed by atoms with Crippen molar-refractivity contribution < 1.29 is 28.8 Å². The monoisotopic (exact) mass is 470 g/mol. The van der Waals surface area contributed by atoms with E-state index in [1.807, 2.05) is 0 Å². The van der Waals surface area contributed by atoms with Crippen LogP contribution in [-0.2, 0) is 28.8 Å². The third kappa shape index (κ3) is 8.81. The summed E-state index contributed by atoms with van der Waals surface area (Å²) < 4.78 is 0. The molecule has 1 aromatic carbocycles. The molecule has 0 radical (unpaired) electrons. The number of nitrogens with one attached hydrogen (secondary N) is 2. The van der Waals surface area contributed by atoms with Crippen molar-refractivity contribution in [2.45, 2.75) is 13.8 Å². The highest BCUT2D eigenvalue weighted by atomic mass is 16.2. The average molecular weight is 471 g/mol. The normalized spacial score (nSPS) is 12.6. The molecule has 0 bridgehead atoms. The molecule has 0 aromatic heterocycles. The van der Waals surface area contributed by atoms with Crippen molar-refractivity contribution in [3.05, 3.63) is 48.8 Å². The standard InChI is InChI=1S/C24H30N4O6/c1-15(29)21(19(31)11-13-27(3)4)23(33)25-17-7-9-18(10-8-17)26-24(34)22(16(2)30)20(32)12-14-28(5)6/h7-14,21-22H,1-6H3,(H,25,33)(H,26,34). The minimum Gasteiger partial charge on any atom is -0.383 e. The molecule has 10 nitrogen and oxygen atoms in total. The van der Waals surface area contributed by atoms with Crippen LogP contribution in [0, 0.1) is 11.8 Å². The van der Waals surface area contributed by atoms with Gasteiger partial charge in [0.25, 0.3) is 0 Å². The van der Waals surface area contributed by atoms with Gasteiger partial charge in [0.1, 0.15) is 11.6 Å². The average Bonchev–Trinajstić information content (AvgIpc) is 2.71. The quantitative estimate of drug-likeness (QED) is 0.345. The molecule has 182 valence electrons. The van der Waals surface area contributed by atoms with Crippen LogP contribution in [0.3, 0.4) is 0 Å². The first-order valence-electron chi connectivity index (χ1n) is 10.3. The van der Waals surface area contributed by atoms with Crippen molar-refractivity contribution >= 4 is 46.3 Å². The number of nitrogens with zero attached hydrogens (tertiary/aromatic N) is 2. The van der Waals surface area contributed by atoms with Crippen molar-refractivity contribution in [1.82, 2.24) is 9.80 Å². The molecule has 2 unspecified atom stereocenters. The lowest BCUT2D eigenvalue weighted by atomic mass is 9.98. The van der Waals surface area contributed by atoms with Crippen LogP contribution < -0.4 is 10.6 Å². The van der Waals surface area contributed by atoms with Gasteiger partial charge in [0.2, 0.25) is 11.8 Å². The van der Waals surface area contributed by atoms with Gasteiger partial charge in [-0.2, -0.15) is 0 Å². The van der Waals surface area contributed by atoms with Crippen molar-refractivity contribution in [1.29, 1.82) is 0 Å². The van der Waals surface area contributed by atoms with Crippen LogP contribution in [0.1, 0.15) is 13.8 Å². The summed E-state index contributed by atoms with van der Waals surface area (Å²) in [4.78, 5) is 76.4. The Morgan fingerprint density at radius 2 is 0.941 bits per heavy atom. The van der Waals surface area contributed by atoms with E-state index in [2.05, 4.69) is 10.6 Å². The highest BCUT2D eigenvalue weighted by Gasteiger charge is 2.30. The number of carbonyl (C=O) groups is 6. The number of allylic oxidation sites excluding steroid dienone is 2. The molecule has 1 rings (SSSR count). The van der Waals surface area contributed by atoms with E-state index in [1.165, 1.54) is 36.7 Å². The maximum absolute atomic E-state index is 12.5. The number of hydrogen-bond donors (Lipinski definition) is 2. The van der Waals surface area contributed by atoms with Gasteiger partial charge < -0.3 is 20.4 Å². The highest BCUT2D eigenvalue weighted by Crippen LogP contribution is 2.17. The molecule has 2 N–H and O–H groups in total. The third-order valence-corrected chi connectivity index (χ3v) is 4.40. The van der Waals surface area contributed by atoms with Crippen LogP contribution in [-0.4, -0.2) is 72.9 Å². The zero-order chi connectivity index (χ0) is 26.0. The number of anilines is 2. The summed E-state index contributed by atoms with van der Waals surface area (Å²) in [6.07, 6.45) is 5.20. The zero-order valence-corrected chi connectivity index (χ0v) is 20.1. The number of benzene rings is 1. The fraction of sp³-hybridized carbons (Fsp3) is 0.333. The second kappa shape index (κ2) is 12.8. The van der Waals surface area contributed by atoms with Crippen LogP contribution in [0.25, 0.3) is 0 Å². The van der Waals surface area contributed by atoms with Gasteiger partial charge in [-0.15, -0.1) is 0 Å². The maximum Gasteiger partial charge on any atom is 0.242 e. The first-order valence-corrected chi connectivity index (χ1v) is 10.3. The fourth-order valence-electron chi connectivity index (χ4n) is 2.73. The number of rotatable bonds is 12. The number of amides is 2. The smallest absolute Gasteiger partial charge is 0.242 e. The minimum atomic E-state index is -1.49. The molecule has 0 aliphatic rings. The summed E-state index contributed by atoms with van der Waals surface area (Å²) in [5.41, 5.74) is 0.568. The molecular formula is C24H30N4O6. The molecule has 0 aliphatic carbocycles. The summed E-state index contributed by atoms with van der Waals surface area (Å²) >= 11 is 0. The Hall–Kier alpha value is -4.08. The second-order valence-electron chi connectivity index (χ2n) is 8.01. The molecule has 34 heavy (non-hydrogen) atoms.